The molecule has 0 radical (unpaired) electrons. The first-order valence-electron chi connectivity index (χ1n) is 5.72. The number of benzene rings is 2. The van der Waals surface area contributed by atoms with Crippen LogP contribution in [0.2, 0.25) is 0 Å². The first kappa shape index (κ1) is 17.7. The molecule has 0 saturated heterocycles. The summed E-state index contributed by atoms with van der Waals surface area (Å²) in [5.74, 6) is -0.750. The molecule has 0 spiro atoms. The van der Waals surface area contributed by atoms with Crippen molar-refractivity contribution in [3.05, 3.63) is 59.7 Å². The predicted molar refractivity (Wildman–Crippen MR) is 66.2 cm³/mol. The van der Waals surface area contributed by atoms with Crippen LogP contribution in [0.1, 0.15) is 11.1 Å². The molecule has 0 saturated carbocycles. The molecular weight excluding hydrogens is 314 g/mol. The molecule has 22 heavy (non-hydrogen) atoms. The van der Waals surface area contributed by atoms with E-state index in [1.165, 1.54) is 12.1 Å². The Kier molecular flexibility index (Phi) is 5.29. The summed E-state index contributed by atoms with van der Waals surface area (Å²) in [7, 11) is 0. The number of phenolic OH excluding ortho intramolecular Hbond substituents is 2. The maximum absolute atomic E-state index is 11.9. The maximum atomic E-state index is 11.9. The van der Waals surface area contributed by atoms with Gasteiger partial charge in [-0.15, -0.1) is 0 Å². The molecule has 8 heteroatoms. The zero-order valence-electron chi connectivity index (χ0n) is 10.8. The third kappa shape index (κ3) is 5.55. The molecule has 2 aromatic rings. The zero-order valence-corrected chi connectivity index (χ0v) is 10.8. The molecule has 0 aromatic heterocycles. The average Bonchev–Trinajstić information content (AvgIpc) is 2.37. The highest BCUT2D eigenvalue weighted by atomic mass is 19.4. The molecule has 0 aliphatic rings. The lowest BCUT2D eigenvalue weighted by molar-refractivity contribution is -0.138. The number of hydrogen-bond acceptors (Lipinski definition) is 2. The third-order valence-corrected chi connectivity index (χ3v) is 2.35. The van der Waals surface area contributed by atoms with Crippen LogP contribution in [0.3, 0.4) is 0 Å². The second kappa shape index (κ2) is 6.59. The van der Waals surface area contributed by atoms with E-state index in [9.17, 15) is 26.3 Å². The minimum atomic E-state index is -4.38. The number of alkyl halides is 6. The normalized spacial score (nSPS) is 11.5. The van der Waals surface area contributed by atoms with Crippen molar-refractivity contribution in [1.29, 1.82) is 0 Å². The first-order chi connectivity index (χ1) is 10.00. The lowest BCUT2D eigenvalue weighted by Crippen LogP contribution is -2.03. The van der Waals surface area contributed by atoms with Gasteiger partial charge in [0, 0.05) is 0 Å². The molecule has 2 aromatic carbocycles. The maximum Gasteiger partial charge on any atom is 0.416 e. The molecule has 0 bridgehead atoms. The monoisotopic (exact) mass is 324 g/mol. The number of phenols is 2. The largest absolute Gasteiger partial charge is 0.508 e. The molecule has 0 fully saturated rings. The molecule has 0 amide bonds. The van der Waals surface area contributed by atoms with Crippen molar-refractivity contribution in [3.8, 4) is 11.5 Å². The van der Waals surface area contributed by atoms with Gasteiger partial charge in [0.1, 0.15) is 11.5 Å². The van der Waals surface area contributed by atoms with E-state index in [1.807, 2.05) is 0 Å². The fourth-order valence-corrected chi connectivity index (χ4v) is 1.36. The number of aromatic hydroxyl groups is 2. The van der Waals surface area contributed by atoms with Gasteiger partial charge in [0.15, 0.2) is 0 Å². The van der Waals surface area contributed by atoms with Crippen LogP contribution in [0.4, 0.5) is 26.3 Å². The lowest BCUT2D eigenvalue weighted by atomic mass is 10.2. The van der Waals surface area contributed by atoms with Crippen LogP contribution >= 0.6 is 0 Å². The molecule has 0 aliphatic carbocycles. The summed E-state index contributed by atoms with van der Waals surface area (Å²) in [6.45, 7) is 0. The molecule has 0 heterocycles. The quantitative estimate of drug-likeness (QED) is 0.682. The van der Waals surface area contributed by atoms with Crippen LogP contribution in [-0.2, 0) is 12.4 Å². The van der Waals surface area contributed by atoms with E-state index in [4.69, 9.17) is 10.2 Å². The summed E-state index contributed by atoms with van der Waals surface area (Å²) >= 11 is 0. The molecule has 2 rings (SSSR count). The second-order valence-corrected chi connectivity index (χ2v) is 4.10. The molecule has 2 N–H and O–H groups in total. The van der Waals surface area contributed by atoms with Crippen LogP contribution in [0, 0.1) is 0 Å². The Balaban J connectivity index is 0.000000220. The van der Waals surface area contributed by atoms with Gasteiger partial charge in [-0.05, 0) is 36.4 Å². The Morgan fingerprint density at radius 1 is 0.591 bits per heavy atom. The van der Waals surface area contributed by atoms with Crippen molar-refractivity contribution in [2.75, 3.05) is 0 Å². The van der Waals surface area contributed by atoms with E-state index < -0.39 is 23.5 Å². The minimum Gasteiger partial charge on any atom is -0.508 e. The van der Waals surface area contributed by atoms with Gasteiger partial charge in [-0.3, -0.25) is 0 Å². The van der Waals surface area contributed by atoms with Crippen molar-refractivity contribution in [2.45, 2.75) is 12.4 Å². The molecule has 2 nitrogen and oxygen atoms in total. The van der Waals surface area contributed by atoms with Gasteiger partial charge in [-0.1, -0.05) is 12.1 Å². The van der Waals surface area contributed by atoms with Gasteiger partial charge < -0.3 is 10.2 Å². The molecule has 0 unspecified atom stereocenters. The van der Waals surface area contributed by atoms with Crippen molar-refractivity contribution < 1.29 is 36.6 Å². The highest BCUT2D eigenvalue weighted by molar-refractivity contribution is 5.29. The summed E-state index contributed by atoms with van der Waals surface area (Å²) in [6, 6.07) is 7.85. The van der Waals surface area contributed by atoms with Crippen molar-refractivity contribution in [1.82, 2.24) is 0 Å². The summed E-state index contributed by atoms with van der Waals surface area (Å²) < 4.78 is 71.1. The van der Waals surface area contributed by atoms with E-state index >= 15 is 0 Å². The SMILES string of the molecule is Oc1cccc(C(F)(F)F)c1.Oc1cccc(C(F)(F)F)c1. The lowest BCUT2D eigenvalue weighted by Gasteiger charge is -2.05. The highest BCUT2D eigenvalue weighted by Crippen LogP contribution is 2.31. The third-order valence-electron chi connectivity index (χ3n) is 2.35. The number of halogens is 6. The fourth-order valence-electron chi connectivity index (χ4n) is 1.36. The molecular formula is C14H10F6O2. The summed E-state index contributed by atoms with van der Waals surface area (Å²) in [5.41, 5.74) is -1.67. The van der Waals surface area contributed by atoms with E-state index in [0.717, 1.165) is 24.3 Å². The van der Waals surface area contributed by atoms with E-state index in [0.29, 0.717) is 12.1 Å². The van der Waals surface area contributed by atoms with Gasteiger partial charge in [0.2, 0.25) is 0 Å². The van der Waals surface area contributed by atoms with Crippen molar-refractivity contribution >= 4 is 0 Å². The summed E-state index contributed by atoms with van der Waals surface area (Å²) in [6.07, 6.45) is -8.75. The Morgan fingerprint density at radius 3 is 1.09 bits per heavy atom. The van der Waals surface area contributed by atoms with Crippen LogP contribution in [-0.4, -0.2) is 10.2 Å². The highest BCUT2D eigenvalue weighted by Gasteiger charge is 2.30. The predicted octanol–water partition coefficient (Wildman–Crippen LogP) is 4.82. The van der Waals surface area contributed by atoms with E-state index in [1.54, 1.807) is 0 Å². The van der Waals surface area contributed by atoms with Crippen LogP contribution < -0.4 is 0 Å². The fraction of sp³-hybridized carbons (Fsp3) is 0.143. The molecule has 0 aliphatic heterocycles. The van der Waals surface area contributed by atoms with Gasteiger partial charge in [0.25, 0.3) is 0 Å². The molecule has 0 atom stereocenters. The minimum absolute atomic E-state index is 0.375. The van der Waals surface area contributed by atoms with Crippen molar-refractivity contribution in [2.24, 2.45) is 0 Å². The van der Waals surface area contributed by atoms with Crippen molar-refractivity contribution in [3.63, 3.8) is 0 Å². The molecule has 120 valence electrons. The van der Waals surface area contributed by atoms with Crippen LogP contribution in [0.25, 0.3) is 0 Å². The van der Waals surface area contributed by atoms with E-state index in [-0.39, 0.29) is 11.5 Å². The zero-order chi connectivity index (χ0) is 17.0. The van der Waals surface area contributed by atoms with Gasteiger partial charge >= 0.3 is 12.4 Å². The first-order valence-corrected chi connectivity index (χ1v) is 5.72. The number of hydrogen-bond donors (Lipinski definition) is 2. The Bertz CT molecular complexity index is 564. The van der Waals surface area contributed by atoms with Gasteiger partial charge in [-0.2, -0.15) is 26.3 Å². The summed E-state index contributed by atoms with van der Waals surface area (Å²) in [4.78, 5) is 0. The number of rotatable bonds is 0. The van der Waals surface area contributed by atoms with Gasteiger partial charge in [-0.25, -0.2) is 0 Å². The van der Waals surface area contributed by atoms with E-state index in [2.05, 4.69) is 0 Å². The standard InChI is InChI=1S/2C7H5F3O/c2*8-7(9,10)5-2-1-3-6(11)4-5/h2*1-4,11H. The smallest absolute Gasteiger partial charge is 0.416 e. The average molecular weight is 324 g/mol. The Hall–Kier alpha value is -2.38. The second-order valence-electron chi connectivity index (χ2n) is 4.10. The summed E-state index contributed by atoms with van der Waals surface area (Å²) in [5, 5.41) is 17.4. The Labute approximate surface area is 121 Å². The van der Waals surface area contributed by atoms with Crippen LogP contribution in [0.15, 0.2) is 48.5 Å². The Morgan fingerprint density at radius 2 is 0.909 bits per heavy atom. The topological polar surface area (TPSA) is 40.5 Å². The van der Waals surface area contributed by atoms with Gasteiger partial charge in [0.05, 0.1) is 11.1 Å². The van der Waals surface area contributed by atoms with Crippen LogP contribution in [0.5, 0.6) is 11.5 Å².